The number of H-pyrrole nitrogens is 1. The first kappa shape index (κ1) is 12.5. The maximum absolute atomic E-state index is 12.4. The molecule has 2 heterocycles. The summed E-state index contributed by atoms with van der Waals surface area (Å²) >= 11 is 0. The molecule has 3 rings (SSSR count). The third kappa shape index (κ3) is 2.18. The van der Waals surface area contributed by atoms with Gasteiger partial charge in [-0.25, -0.2) is 4.98 Å². The van der Waals surface area contributed by atoms with Crippen LogP contribution in [0.1, 0.15) is 5.56 Å². The molecule has 0 aliphatic heterocycles. The van der Waals surface area contributed by atoms with Crippen LogP contribution in [0.25, 0.3) is 22.6 Å². The van der Waals surface area contributed by atoms with Crippen molar-refractivity contribution in [2.45, 2.75) is 6.18 Å². The van der Waals surface area contributed by atoms with Gasteiger partial charge in [-0.05, 0) is 24.3 Å². The number of phenols is 1. The molecule has 0 radical (unpaired) electrons. The van der Waals surface area contributed by atoms with Crippen molar-refractivity contribution in [1.29, 1.82) is 0 Å². The number of aromatic nitrogens is 3. The van der Waals surface area contributed by atoms with Crippen molar-refractivity contribution in [3.63, 3.8) is 0 Å². The average Bonchev–Trinajstić information content (AvgIpc) is 2.80. The number of nitrogens with one attached hydrogen (secondary N) is 1. The van der Waals surface area contributed by atoms with Crippen LogP contribution >= 0.6 is 0 Å². The Hall–Kier alpha value is -2.57. The van der Waals surface area contributed by atoms with Gasteiger partial charge in [0.2, 0.25) is 0 Å². The van der Waals surface area contributed by atoms with Gasteiger partial charge in [0, 0.05) is 12.3 Å². The molecule has 1 aromatic carbocycles. The molecule has 2 aromatic heterocycles. The van der Waals surface area contributed by atoms with Crippen molar-refractivity contribution in [2.75, 3.05) is 0 Å². The first-order valence-electron chi connectivity index (χ1n) is 5.66. The van der Waals surface area contributed by atoms with Gasteiger partial charge in [-0.1, -0.05) is 0 Å². The Morgan fingerprint density at radius 3 is 2.55 bits per heavy atom. The number of nitrogens with zero attached hydrogens (tertiary/aromatic N) is 2. The third-order valence-corrected chi connectivity index (χ3v) is 2.80. The molecule has 102 valence electrons. The lowest BCUT2D eigenvalue weighted by Gasteiger charge is -2.05. The Bertz CT molecular complexity index is 763. The fraction of sp³-hybridized carbons (Fsp3) is 0.0769. The molecule has 0 spiro atoms. The monoisotopic (exact) mass is 279 g/mol. The lowest BCUT2D eigenvalue weighted by molar-refractivity contribution is -0.137. The minimum Gasteiger partial charge on any atom is -0.508 e. The summed E-state index contributed by atoms with van der Waals surface area (Å²) in [5.41, 5.74) is 0.671. The molecular weight excluding hydrogens is 271 g/mol. The molecule has 0 bridgehead atoms. The maximum atomic E-state index is 12.4. The number of fused-ring (bicyclic) bond motifs is 1. The van der Waals surface area contributed by atoms with E-state index in [1.165, 1.54) is 18.2 Å². The topological polar surface area (TPSA) is 61.8 Å². The average molecular weight is 279 g/mol. The smallest absolute Gasteiger partial charge is 0.417 e. The molecule has 4 nitrogen and oxygen atoms in total. The standard InChI is InChI=1S/C13H8F3N3O/c14-13(15,16)7-1-3-10(17-6-7)12-18-9-4-2-8(20)5-11(9)19-12/h1-6,20H,(H,18,19). The van der Waals surface area contributed by atoms with E-state index in [-0.39, 0.29) is 5.75 Å². The summed E-state index contributed by atoms with van der Waals surface area (Å²) in [4.78, 5) is 10.9. The van der Waals surface area contributed by atoms with E-state index in [1.807, 2.05) is 0 Å². The van der Waals surface area contributed by atoms with Gasteiger partial charge in [-0.2, -0.15) is 13.2 Å². The number of hydrogen-bond donors (Lipinski definition) is 2. The van der Waals surface area contributed by atoms with Crippen molar-refractivity contribution >= 4 is 11.0 Å². The molecule has 0 saturated heterocycles. The molecule has 0 fully saturated rings. The van der Waals surface area contributed by atoms with Gasteiger partial charge in [0.25, 0.3) is 0 Å². The molecule has 0 aliphatic carbocycles. The highest BCUT2D eigenvalue weighted by Crippen LogP contribution is 2.29. The summed E-state index contributed by atoms with van der Waals surface area (Å²) in [6, 6.07) is 6.77. The summed E-state index contributed by atoms with van der Waals surface area (Å²) in [5, 5.41) is 9.35. The number of phenolic OH excluding ortho intramolecular Hbond substituents is 1. The fourth-order valence-corrected chi connectivity index (χ4v) is 1.82. The lowest BCUT2D eigenvalue weighted by Crippen LogP contribution is -2.05. The summed E-state index contributed by atoms with van der Waals surface area (Å²) in [7, 11) is 0. The van der Waals surface area contributed by atoms with E-state index in [4.69, 9.17) is 0 Å². The van der Waals surface area contributed by atoms with Crippen LogP contribution in [0.4, 0.5) is 13.2 Å². The lowest BCUT2D eigenvalue weighted by atomic mass is 10.2. The maximum Gasteiger partial charge on any atom is 0.417 e. The largest absolute Gasteiger partial charge is 0.508 e. The zero-order valence-electron chi connectivity index (χ0n) is 9.94. The van der Waals surface area contributed by atoms with Crippen molar-refractivity contribution in [2.24, 2.45) is 0 Å². The predicted molar refractivity (Wildman–Crippen MR) is 66.0 cm³/mol. The summed E-state index contributed by atoms with van der Waals surface area (Å²) in [6.07, 6.45) is -3.65. The molecule has 2 N–H and O–H groups in total. The first-order chi connectivity index (χ1) is 9.43. The van der Waals surface area contributed by atoms with Crippen LogP contribution < -0.4 is 0 Å². The number of alkyl halides is 3. The Morgan fingerprint density at radius 1 is 1.10 bits per heavy atom. The van der Waals surface area contributed by atoms with Crippen molar-refractivity contribution in [3.05, 3.63) is 42.1 Å². The predicted octanol–water partition coefficient (Wildman–Crippen LogP) is 3.35. The summed E-state index contributed by atoms with van der Waals surface area (Å²) in [5.74, 6) is 0.424. The quantitative estimate of drug-likeness (QED) is 0.718. The highest BCUT2D eigenvalue weighted by Gasteiger charge is 2.30. The van der Waals surface area contributed by atoms with Gasteiger partial charge in [0.15, 0.2) is 5.82 Å². The van der Waals surface area contributed by atoms with Crippen LogP contribution in [0.2, 0.25) is 0 Å². The highest BCUT2D eigenvalue weighted by molar-refractivity contribution is 5.80. The van der Waals surface area contributed by atoms with E-state index in [2.05, 4.69) is 15.0 Å². The zero-order valence-corrected chi connectivity index (χ0v) is 9.94. The number of imidazole rings is 1. The number of benzene rings is 1. The number of rotatable bonds is 1. The molecular formula is C13H8F3N3O. The van der Waals surface area contributed by atoms with Gasteiger partial charge >= 0.3 is 6.18 Å². The van der Waals surface area contributed by atoms with Crippen molar-refractivity contribution in [3.8, 4) is 17.3 Å². The third-order valence-electron chi connectivity index (χ3n) is 2.80. The second kappa shape index (κ2) is 4.22. The number of hydrogen-bond acceptors (Lipinski definition) is 3. The van der Waals surface area contributed by atoms with Gasteiger partial charge in [0.1, 0.15) is 11.4 Å². The molecule has 0 atom stereocenters. The molecule has 0 unspecified atom stereocenters. The van der Waals surface area contributed by atoms with Crippen LogP contribution in [-0.2, 0) is 6.18 Å². The molecule has 3 aromatic rings. The van der Waals surface area contributed by atoms with Crippen LogP contribution in [0.5, 0.6) is 5.75 Å². The summed E-state index contributed by atoms with van der Waals surface area (Å²) < 4.78 is 37.3. The van der Waals surface area contributed by atoms with Gasteiger partial charge in [-0.3, -0.25) is 4.98 Å². The number of halogens is 3. The normalized spacial score (nSPS) is 11.9. The van der Waals surface area contributed by atoms with Gasteiger partial charge in [0.05, 0.1) is 16.6 Å². The SMILES string of the molecule is Oc1ccc2nc(-c3ccc(C(F)(F)F)cn3)[nH]c2c1. The van der Waals surface area contributed by atoms with Crippen LogP contribution in [0, 0.1) is 0 Å². The van der Waals surface area contributed by atoms with E-state index >= 15 is 0 Å². The Morgan fingerprint density at radius 2 is 1.90 bits per heavy atom. The van der Waals surface area contributed by atoms with Crippen LogP contribution in [0.3, 0.4) is 0 Å². The van der Waals surface area contributed by atoms with Gasteiger partial charge in [-0.15, -0.1) is 0 Å². The molecule has 7 heteroatoms. The van der Waals surface area contributed by atoms with E-state index in [9.17, 15) is 18.3 Å². The van der Waals surface area contributed by atoms with Crippen LogP contribution in [0.15, 0.2) is 36.5 Å². The number of pyridine rings is 1. The Kier molecular flexibility index (Phi) is 2.63. The van der Waals surface area contributed by atoms with Crippen molar-refractivity contribution in [1.82, 2.24) is 15.0 Å². The highest BCUT2D eigenvalue weighted by atomic mass is 19.4. The van der Waals surface area contributed by atoms with Gasteiger partial charge < -0.3 is 10.1 Å². The minimum atomic E-state index is -4.41. The number of aromatic hydroxyl groups is 1. The van der Waals surface area contributed by atoms with E-state index < -0.39 is 11.7 Å². The molecule has 0 aliphatic rings. The number of aromatic amines is 1. The van der Waals surface area contributed by atoms with E-state index in [0.29, 0.717) is 22.6 Å². The van der Waals surface area contributed by atoms with Crippen molar-refractivity contribution < 1.29 is 18.3 Å². The Labute approximate surface area is 110 Å². The molecule has 0 saturated carbocycles. The molecule has 0 amide bonds. The fourth-order valence-electron chi connectivity index (χ4n) is 1.82. The molecule has 20 heavy (non-hydrogen) atoms. The second-order valence-electron chi connectivity index (χ2n) is 4.22. The summed E-state index contributed by atoms with van der Waals surface area (Å²) in [6.45, 7) is 0. The first-order valence-corrected chi connectivity index (χ1v) is 5.66. The van der Waals surface area contributed by atoms with Crippen LogP contribution in [-0.4, -0.2) is 20.1 Å². The Balaban J connectivity index is 2.02. The van der Waals surface area contributed by atoms with E-state index in [0.717, 1.165) is 12.3 Å². The van der Waals surface area contributed by atoms with E-state index in [1.54, 1.807) is 6.07 Å². The zero-order chi connectivity index (χ0) is 14.3. The minimum absolute atomic E-state index is 0.0769. The second-order valence-corrected chi connectivity index (χ2v) is 4.22.